The molecule has 0 radical (unpaired) electrons. The van der Waals surface area contributed by atoms with Gasteiger partial charge in [-0.2, -0.15) is 0 Å². The fourth-order valence-electron chi connectivity index (χ4n) is 2.58. The number of aromatic carboxylic acids is 1. The van der Waals surface area contributed by atoms with E-state index in [1.165, 1.54) is 6.42 Å². The van der Waals surface area contributed by atoms with Crippen LogP contribution in [-0.4, -0.2) is 32.5 Å². The van der Waals surface area contributed by atoms with Gasteiger partial charge in [0.05, 0.1) is 11.1 Å². The van der Waals surface area contributed by atoms with E-state index in [0.717, 1.165) is 42.5 Å². The number of carbonyl (C=O) groups is 2. The standard InChI is InChI=1S/C13H17N3O5/c17-12(14-9-4-2-1-3-5-9)8-15-7-10(16(20)21)6-11(15)13(18)19/h6-7,9H,1-5,8H2,(H,14,17)(H,18,19). The van der Waals surface area contributed by atoms with Crippen molar-refractivity contribution >= 4 is 17.6 Å². The number of nitrogens with one attached hydrogen (secondary N) is 1. The number of nitrogens with zero attached hydrogens (tertiary/aromatic N) is 2. The zero-order valence-electron chi connectivity index (χ0n) is 11.4. The van der Waals surface area contributed by atoms with E-state index < -0.39 is 10.9 Å². The third kappa shape index (κ3) is 3.80. The summed E-state index contributed by atoms with van der Waals surface area (Å²) >= 11 is 0. The van der Waals surface area contributed by atoms with Gasteiger partial charge in [0.15, 0.2) is 0 Å². The first-order valence-electron chi connectivity index (χ1n) is 6.84. The molecule has 21 heavy (non-hydrogen) atoms. The van der Waals surface area contributed by atoms with Gasteiger partial charge in [-0.3, -0.25) is 14.9 Å². The second kappa shape index (κ2) is 6.38. The maximum Gasteiger partial charge on any atom is 0.352 e. The highest BCUT2D eigenvalue weighted by atomic mass is 16.6. The van der Waals surface area contributed by atoms with Gasteiger partial charge in [0, 0.05) is 12.1 Å². The maximum atomic E-state index is 11.9. The predicted octanol–water partition coefficient (Wildman–Crippen LogP) is 1.54. The lowest BCUT2D eigenvalue weighted by Gasteiger charge is -2.22. The van der Waals surface area contributed by atoms with Crippen LogP contribution in [0.2, 0.25) is 0 Å². The molecule has 2 rings (SSSR count). The van der Waals surface area contributed by atoms with E-state index in [1.807, 2.05) is 0 Å². The van der Waals surface area contributed by atoms with Crippen LogP contribution in [0.5, 0.6) is 0 Å². The van der Waals surface area contributed by atoms with Crippen molar-refractivity contribution in [1.82, 2.24) is 9.88 Å². The average Bonchev–Trinajstić information content (AvgIpc) is 2.84. The second-order valence-electron chi connectivity index (χ2n) is 5.18. The summed E-state index contributed by atoms with van der Waals surface area (Å²) in [6.45, 7) is -0.230. The lowest BCUT2D eigenvalue weighted by Crippen LogP contribution is -2.38. The normalized spacial score (nSPS) is 15.6. The van der Waals surface area contributed by atoms with Gasteiger partial charge >= 0.3 is 5.97 Å². The summed E-state index contributed by atoms with van der Waals surface area (Å²) in [5, 5.41) is 22.6. The number of amides is 1. The van der Waals surface area contributed by atoms with Gasteiger partial charge in [0.2, 0.25) is 5.91 Å². The van der Waals surface area contributed by atoms with E-state index in [0.29, 0.717) is 0 Å². The first-order chi connectivity index (χ1) is 9.97. The lowest BCUT2D eigenvalue weighted by molar-refractivity contribution is -0.384. The number of hydrogen-bond acceptors (Lipinski definition) is 4. The molecule has 1 aliphatic rings. The summed E-state index contributed by atoms with van der Waals surface area (Å²) in [7, 11) is 0. The Bertz CT molecular complexity index is 560. The molecule has 1 saturated carbocycles. The minimum Gasteiger partial charge on any atom is -0.477 e. The smallest absolute Gasteiger partial charge is 0.352 e. The van der Waals surface area contributed by atoms with Crippen molar-refractivity contribution < 1.29 is 19.6 Å². The fraction of sp³-hybridized carbons (Fsp3) is 0.538. The number of carboxylic acid groups (broad SMARTS) is 1. The van der Waals surface area contributed by atoms with Gasteiger partial charge in [0.1, 0.15) is 12.2 Å². The molecule has 0 aromatic carbocycles. The van der Waals surface area contributed by atoms with E-state index in [9.17, 15) is 19.7 Å². The first kappa shape index (κ1) is 15.0. The van der Waals surface area contributed by atoms with Crippen LogP contribution in [0.3, 0.4) is 0 Å². The van der Waals surface area contributed by atoms with Crippen molar-refractivity contribution in [3.63, 3.8) is 0 Å². The van der Waals surface area contributed by atoms with Crippen LogP contribution in [0.4, 0.5) is 5.69 Å². The van der Waals surface area contributed by atoms with Crippen LogP contribution in [0, 0.1) is 10.1 Å². The second-order valence-corrected chi connectivity index (χ2v) is 5.18. The number of carbonyl (C=O) groups excluding carboxylic acids is 1. The molecule has 1 aromatic rings. The van der Waals surface area contributed by atoms with Gasteiger partial charge in [-0.05, 0) is 12.8 Å². The molecule has 0 atom stereocenters. The number of hydrogen-bond donors (Lipinski definition) is 2. The van der Waals surface area contributed by atoms with Crippen molar-refractivity contribution in [2.45, 2.75) is 44.7 Å². The third-order valence-electron chi connectivity index (χ3n) is 3.60. The number of rotatable bonds is 5. The topological polar surface area (TPSA) is 114 Å². The lowest BCUT2D eigenvalue weighted by atomic mass is 9.95. The maximum absolute atomic E-state index is 11.9. The van der Waals surface area contributed by atoms with Crippen LogP contribution >= 0.6 is 0 Å². The highest BCUT2D eigenvalue weighted by Crippen LogP contribution is 2.18. The molecule has 8 heteroatoms. The van der Waals surface area contributed by atoms with Crippen LogP contribution in [0.1, 0.15) is 42.6 Å². The Morgan fingerprint density at radius 1 is 1.38 bits per heavy atom. The summed E-state index contributed by atoms with van der Waals surface area (Å²) in [5.41, 5.74) is -0.599. The molecule has 0 aliphatic heterocycles. The number of nitro groups is 1. The molecule has 0 unspecified atom stereocenters. The summed E-state index contributed by atoms with van der Waals surface area (Å²) in [5.74, 6) is -1.62. The van der Waals surface area contributed by atoms with Crippen LogP contribution in [0.25, 0.3) is 0 Å². The minimum absolute atomic E-state index is 0.116. The quantitative estimate of drug-likeness (QED) is 0.631. The van der Waals surface area contributed by atoms with E-state index in [-0.39, 0.29) is 29.9 Å². The molecular weight excluding hydrogens is 278 g/mol. The summed E-state index contributed by atoms with van der Waals surface area (Å²) in [6, 6.07) is 1.07. The highest BCUT2D eigenvalue weighted by Gasteiger charge is 2.21. The van der Waals surface area contributed by atoms with Crippen LogP contribution in [-0.2, 0) is 11.3 Å². The van der Waals surface area contributed by atoms with E-state index in [2.05, 4.69) is 5.32 Å². The van der Waals surface area contributed by atoms with Gasteiger partial charge in [-0.1, -0.05) is 19.3 Å². The molecule has 1 fully saturated rings. The average molecular weight is 295 g/mol. The largest absolute Gasteiger partial charge is 0.477 e. The first-order valence-corrected chi connectivity index (χ1v) is 6.84. The molecule has 1 aromatic heterocycles. The zero-order valence-corrected chi connectivity index (χ0v) is 11.4. The Labute approximate surface area is 120 Å². The Kier molecular flexibility index (Phi) is 4.56. The Hall–Kier alpha value is -2.38. The number of carboxylic acids is 1. The van der Waals surface area contributed by atoms with Crippen LogP contribution in [0.15, 0.2) is 12.3 Å². The Morgan fingerprint density at radius 3 is 2.62 bits per heavy atom. The molecule has 1 amide bonds. The SMILES string of the molecule is O=C(Cn1cc([N+](=O)[O-])cc1C(=O)O)NC1CCCCC1. The van der Waals surface area contributed by atoms with Crippen molar-refractivity contribution in [2.75, 3.05) is 0 Å². The molecule has 0 saturated heterocycles. The summed E-state index contributed by atoms with van der Waals surface area (Å²) in [4.78, 5) is 33.0. The Balaban J connectivity index is 2.05. The molecule has 114 valence electrons. The third-order valence-corrected chi connectivity index (χ3v) is 3.60. The molecule has 1 aliphatic carbocycles. The van der Waals surface area contributed by atoms with Crippen molar-refractivity contribution in [3.8, 4) is 0 Å². The summed E-state index contributed by atoms with van der Waals surface area (Å²) in [6.07, 6.45) is 6.22. The van der Waals surface area contributed by atoms with Gasteiger partial charge in [-0.15, -0.1) is 0 Å². The van der Waals surface area contributed by atoms with Crippen molar-refractivity contribution in [3.05, 3.63) is 28.1 Å². The molecular formula is C13H17N3O5. The van der Waals surface area contributed by atoms with E-state index in [4.69, 9.17) is 5.11 Å². The minimum atomic E-state index is -1.30. The van der Waals surface area contributed by atoms with Gasteiger partial charge < -0.3 is 15.0 Å². The molecule has 0 bridgehead atoms. The monoisotopic (exact) mass is 295 g/mol. The zero-order chi connectivity index (χ0) is 15.4. The van der Waals surface area contributed by atoms with E-state index >= 15 is 0 Å². The molecule has 0 spiro atoms. The molecule has 1 heterocycles. The van der Waals surface area contributed by atoms with Gasteiger partial charge in [-0.25, -0.2) is 4.79 Å². The molecule has 8 nitrogen and oxygen atoms in total. The van der Waals surface area contributed by atoms with E-state index in [1.54, 1.807) is 0 Å². The number of aromatic nitrogens is 1. The van der Waals surface area contributed by atoms with Crippen molar-refractivity contribution in [2.24, 2.45) is 0 Å². The highest BCUT2D eigenvalue weighted by molar-refractivity contribution is 5.88. The predicted molar refractivity (Wildman–Crippen MR) is 73.1 cm³/mol. The Morgan fingerprint density at radius 2 is 2.05 bits per heavy atom. The van der Waals surface area contributed by atoms with Crippen LogP contribution < -0.4 is 5.32 Å². The van der Waals surface area contributed by atoms with Gasteiger partial charge in [0.25, 0.3) is 5.69 Å². The molecule has 2 N–H and O–H groups in total. The fourth-order valence-corrected chi connectivity index (χ4v) is 2.58. The van der Waals surface area contributed by atoms with Crippen molar-refractivity contribution in [1.29, 1.82) is 0 Å². The summed E-state index contributed by atoms with van der Waals surface area (Å²) < 4.78 is 1.10.